The Morgan fingerprint density at radius 3 is 1.26 bits per heavy atom. The second-order valence-corrected chi connectivity index (χ2v) is 8.67. The average Bonchev–Trinajstić information content (AvgIpc) is 2.65. The lowest BCUT2D eigenvalue weighted by atomic mass is 10.4. The van der Waals surface area contributed by atoms with Gasteiger partial charge in [-0.25, -0.2) is 0 Å². The minimum atomic E-state index is -1.93. The molecule has 1 nitrogen and oxygen atoms in total. The van der Waals surface area contributed by atoms with Gasteiger partial charge >= 0.3 is 0 Å². The molecule has 0 heterocycles. The highest BCUT2D eigenvalue weighted by Crippen LogP contribution is 2.43. The summed E-state index contributed by atoms with van der Waals surface area (Å²) in [5.41, 5.74) is 0. The van der Waals surface area contributed by atoms with Crippen LogP contribution in [0.25, 0.3) is 0 Å². The van der Waals surface area contributed by atoms with Gasteiger partial charge in [0.05, 0.1) is 0 Å². The van der Waals surface area contributed by atoms with E-state index in [-0.39, 0.29) is 0 Å². The second-order valence-electron chi connectivity index (χ2n) is 5.31. The molecule has 2 heteroatoms. The molecular weight excluding hydrogens is 299 g/mol. The summed E-state index contributed by atoms with van der Waals surface area (Å²) in [5.74, 6) is 2.22. The Hall–Kier alpha value is -2.37. The van der Waals surface area contributed by atoms with Gasteiger partial charge in [0.15, 0.2) is 0 Å². The molecule has 0 amide bonds. The van der Waals surface area contributed by atoms with Gasteiger partial charge < -0.3 is 4.79 Å². The van der Waals surface area contributed by atoms with Crippen LogP contribution in [0.3, 0.4) is 0 Å². The summed E-state index contributed by atoms with van der Waals surface area (Å²) in [5, 5.41) is 3.83. The zero-order chi connectivity index (χ0) is 16.0. The van der Waals surface area contributed by atoms with E-state index in [1.165, 1.54) is 15.9 Å². The third-order valence-electron chi connectivity index (χ3n) is 3.97. The minimum Gasteiger partial charge on any atom is -0.303 e. The Bertz CT molecular complexity index is 705. The Balaban J connectivity index is 2.38. The number of carbonyl (C=O) groups excluding carboxylic acids is 1. The first-order valence-electron chi connectivity index (χ1n) is 7.71. The summed E-state index contributed by atoms with van der Waals surface area (Å²) in [6.07, 6.45) is 1.44. The molecule has 0 spiro atoms. The smallest absolute Gasteiger partial charge is 0.123 e. The van der Waals surface area contributed by atoms with Crippen molar-refractivity contribution in [1.29, 1.82) is 0 Å². The van der Waals surface area contributed by atoms with Crippen LogP contribution in [0.1, 0.15) is 6.42 Å². The van der Waals surface area contributed by atoms with E-state index in [0.717, 1.165) is 6.29 Å². The van der Waals surface area contributed by atoms with Crippen molar-refractivity contribution >= 4 is 34.9 Å². The van der Waals surface area contributed by atoms with E-state index in [1.807, 2.05) is 18.2 Å². The van der Waals surface area contributed by atoms with E-state index in [9.17, 15) is 4.79 Å². The normalized spacial score (nSPS) is 11.0. The first kappa shape index (κ1) is 15.5. The highest BCUT2D eigenvalue weighted by atomic mass is 31.2. The van der Waals surface area contributed by atoms with Gasteiger partial charge in [-0.15, -0.1) is 0 Å². The topological polar surface area (TPSA) is 17.1 Å². The molecule has 0 aliphatic carbocycles. The van der Waals surface area contributed by atoms with Gasteiger partial charge in [0.1, 0.15) is 6.29 Å². The molecule has 0 aromatic heterocycles. The summed E-state index contributed by atoms with van der Waals surface area (Å²) in [4.78, 5) is 11.1. The zero-order valence-electron chi connectivity index (χ0n) is 12.9. The molecule has 0 bridgehead atoms. The van der Waals surface area contributed by atoms with Crippen molar-refractivity contribution in [3.63, 3.8) is 0 Å². The van der Waals surface area contributed by atoms with Crippen LogP contribution in [-0.4, -0.2) is 12.1 Å². The number of carbonyl (C=O) groups is 1. The quantitative estimate of drug-likeness (QED) is 0.521. The third kappa shape index (κ3) is 3.06. The average molecular weight is 318 g/mol. The maximum absolute atomic E-state index is 11.1. The van der Waals surface area contributed by atoms with E-state index in [4.69, 9.17) is 0 Å². The molecule has 0 atom stereocenters. The molecule has 0 unspecified atom stereocenters. The van der Waals surface area contributed by atoms with Crippen molar-refractivity contribution in [2.45, 2.75) is 6.42 Å². The standard InChI is InChI=1S/C21H19OP/c22-17-10-18-23(19-11-4-1-5-12-19,20-13-6-2-7-14-20)21-15-8-3-9-16-21/h1-9,11-18H,10H2. The highest BCUT2D eigenvalue weighted by Gasteiger charge is 2.23. The highest BCUT2D eigenvalue weighted by molar-refractivity contribution is 7.94. The van der Waals surface area contributed by atoms with Crippen LogP contribution in [0.2, 0.25) is 0 Å². The third-order valence-corrected chi connectivity index (χ3v) is 8.06. The fourth-order valence-electron chi connectivity index (χ4n) is 2.95. The van der Waals surface area contributed by atoms with E-state index in [1.54, 1.807) is 0 Å². The maximum Gasteiger partial charge on any atom is 0.123 e. The number of rotatable bonds is 5. The molecule has 114 valence electrons. The number of hydrogen-bond donors (Lipinski definition) is 0. The van der Waals surface area contributed by atoms with Crippen molar-refractivity contribution in [3.8, 4) is 0 Å². The molecule has 23 heavy (non-hydrogen) atoms. The van der Waals surface area contributed by atoms with Gasteiger partial charge in [-0.05, 0) is 22.8 Å². The van der Waals surface area contributed by atoms with Crippen LogP contribution in [-0.2, 0) is 4.79 Å². The molecule has 3 aromatic rings. The van der Waals surface area contributed by atoms with Gasteiger partial charge in [0.2, 0.25) is 0 Å². The second kappa shape index (κ2) is 7.26. The Labute approximate surface area is 137 Å². The van der Waals surface area contributed by atoms with Gasteiger partial charge in [-0.1, -0.05) is 96.8 Å². The van der Waals surface area contributed by atoms with Crippen LogP contribution >= 0.6 is 6.89 Å². The first-order valence-corrected chi connectivity index (χ1v) is 9.57. The van der Waals surface area contributed by atoms with E-state index in [0.29, 0.717) is 6.42 Å². The van der Waals surface area contributed by atoms with E-state index < -0.39 is 6.89 Å². The number of hydrogen-bond acceptors (Lipinski definition) is 1. The largest absolute Gasteiger partial charge is 0.303 e. The molecule has 0 N–H and O–H groups in total. The van der Waals surface area contributed by atoms with Crippen molar-refractivity contribution in [2.75, 3.05) is 0 Å². The molecule has 0 saturated heterocycles. The molecule has 0 aliphatic heterocycles. The fourth-order valence-corrected chi connectivity index (χ4v) is 6.81. The van der Waals surface area contributed by atoms with Crippen molar-refractivity contribution in [3.05, 3.63) is 91.0 Å². The Morgan fingerprint density at radius 2 is 0.957 bits per heavy atom. The Morgan fingerprint density at radius 1 is 0.609 bits per heavy atom. The Kier molecular flexibility index (Phi) is 4.90. The molecule has 0 radical (unpaired) electrons. The molecule has 3 aromatic carbocycles. The maximum atomic E-state index is 11.1. The summed E-state index contributed by atoms with van der Waals surface area (Å²) in [7, 11) is 0. The number of benzene rings is 3. The minimum absolute atomic E-state index is 0.451. The summed E-state index contributed by atoms with van der Waals surface area (Å²) >= 11 is 0. The monoisotopic (exact) mass is 318 g/mol. The van der Waals surface area contributed by atoms with Crippen LogP contribution in [0, 0.1) is 0 Å². The summed E-state index contributed by atoms with van der Waals surface area (Å²) in [6.45, 7) is -1.93. The van der Waals surface area contributed by atoms with Crippen molar-refractivity contribution in [2.24, 2.45) is 0 Å². The first-order chi connectivity index (χ1) is 11.4. The van der Waals surface area contributed by atoms with Gasteiger partial charge in [0, 0.05) is 6.42 Å². The van der Waals surface area contributed by atoms with Crippen LogP contribution in [0.5, 0.6) is 0 Å². The van der Waals surface area contributed by atoms with Crippen LogP contribution in [0.15, 0.2) is 91.0 Å². The lowest BCUT2D eigenvalue weighted by Crippen LogP contribution is -2.27. The number of aldehydes is 1. The predicted molar refractivity (Wildman–Crippen MR) is 102 cm³/mol. The van der Waals surface area contributed by atoms with Crippen molar-refractivity contribution < 1.29 is 4.79 Å². The predicted octanol–water partition coefficient (Wildman–Crippen LogP) is 3.37. The molecular formula is C21H19OP. The van der Waals surface area contributed by atoms with E-state index in [2.05, 4.69) is 78.6 Å². The molecule has 0 aliphatic rings. The molecule has 3 rings (SSSR count). The molecule has 0 saturated carbocycles. The fraction of sp³-hybridized carbons (Fsp3) is 0.0476. The summed E-state index contributed by atoms with van der Waals surface area (Å²) in [6, 6.07) is 31.6. The lowest BCUT2D eigenvalue weighted by molar-refractivity contribution is -0.106. The van der Waals surface area contributed by atoms with Gasteiger partial charge in [-0.2, -0.15) is 0 Å². The van der Waals surface area contributed by atoms with Crippen LogP contribution in [0.4, 0.5) is 0 Å². The van der Waals surface area contributed by atoms with Gasteiger partial charge in [-0.3, -0.25) is 0 Å². The van der Waals surface area contributed by atoms with Crippen molar-refractivity contribution in [1.82, 2.24) is 0 Å². The summed E-state index contributed by atoms with van der Waals surface area (Å²) < 4.78 is 0. The zero-order valence-corrected chi connectivity index (χ0v) is 13.8. The van der Waals surface area contributed by atoms with E-state index >= 15 is 0 Å². The van der Waals surface area contributed by atoms with Gasteiger partial charge in [0.25, 0.3) is 0 Å². The SMILES string of the molecule is O=CCC=P(c1ccccc1)(c1ccccc1)c1ccccc1. The molecule has 0 fully saturated rings. The van der Waals surface area contributed by atoms with Crippen LogP contribution < -0.4 is 15.9 Å². The lowest BCUT2D eigenvalue weighted by Gasteiger charge is -2.28.